The zero-order valence-electron chi connectivity index (χ0n) is 10.7. The topological polar surface area (TPSA) is 48.0 Å². The summed E-state index contributed by atoms with van der Waals surface area (Å²) in [6.45, 7) is 0.433. The first-order chi connectivity index (χ1) is 9.65. The van der Waals surface area contributed by atoms with E-state index in [0.717, 1.165) is 10.9 Å². The molecule has 0 unspecified atom stereocenters. The Morgan fingerprint density at radius 3 is 2.70 bits per heavy atom. The molecule has 0 spiro atoms. The van der Waals surface area contributed by atoms with Crippen LogP contribution in [-0.4, -0.2) is 4.57 Å². The van der Waals surface area contributed by atoms with Gasteiger partial charge >= 0.3 is 0 Å². The molecule has 0 aliphatic carbocycles. The van der Waals surface area contributed by atoms with Crippen molar-refractivity contribution in [3.8, 4) is 0 Å². The van der Waals surface area contributed by atoms with Crippen LogP contribution in [0.5, 0.6) is 0 Å². The second kappa shape index (κ2) is 5.02. The second-order valence-electron chi connectivity index (χ2n) is 4.69. The second-order valence-corrected chi connectivity index (χ2v) is 5.09. The first kappa shape index (κ1) is 12.8. The normalized spacial score (nSPS) is 10.8. The Morgan fingerprint density at radius 2 is 1.90 bits per heavy atom. The van der Waals surface area contributed by atoms with E-state index in [-0.39, 0.29) is 5.56 Å². The fraction of sp³-hybridized carbons (Fsp3) is 0.0625. The maximum atomic E-state index is 12.4. The van der Waals surface area contributed by atoms with E-state index >= 15 is 0 Å². The molecule has 2 aromatic carbocycles. The van der Waals surface area contributed by atoms with Crippen molar-refractivity contribution in [1.82, 2.24) is 4.57 Å². The zero-order valence-corrected chi connectivity index (χ0v) is 11.5. The number of anilines is 1. The Labute approximate surface area is 121 Å². The highest BCUT2D eigenvalue weighted by atomic mass is 35.5. The molecule has 0 fully saturated rings. The number of benzene rings is 2. The van der Waals surface area contributed by atoms with Crippen LogP contribution in [0.3, 0.4) is 0 Å². The van der Waals surface area contributed by atoms with E-state index in [1.807, 2.05) is 36.4 Å². The van der Waals surface area contributed by atoms with Crippen LogP contribution in [0.25, 0.3) is 10.8 Å². The molecule has 0 amide bonds. The van der Waals surface area contributed by atoms with Crippen LogP contribution in [-0.2, 0) is 6.54 Å². The minimum Gasteiger partial charge on any atom is -0.399 e. The molecule has 3 nitrogen and oxygen atoms in total. The van der Waals surface area contributed by atoms with Crippen molar-refractivity contribution < 1.29 is 0 Å². The van der Waals surface area contributed by atoms with E-state index in [0.29, 0.717) is 22.6 Å². The number of nitrogen functional groups attached to an aromatic ring is 1. The van der Waals surface area contributed by atoms with Gasteiger partial charge in [0.05, 0.1) is 6.54 Å². The number of hydrogen-bond donors (Lipinski definition) is 1. The molecule has 3 aromatic rings. The Bertz CT molecular complexity index is 839. The van der Waals surface area contributed by atoms with E-state index in [4.69, 9.17) is 17.3 Å². The molecule has 0 saturated carbocycles. The van der Waals surface area contributed by atoms with Crippen molar-refractivity contribution in [2.45, 2.75) is 6.54 Å². The quantitative estimate of drug-likeness (QED) is 0.734. The number of halogens is 1. The van der Waals surface area contributed by atoms with Gasteiger partial charge in [-0.3, -0.25) is 4.79 Å². The Morgan fingerprint density at radius 1 is 1.10 bits per heavy atom. The van der Waals surface area contributed by atoms with Crippen LogP contribution in [0.1, 0.15) is 5.56 Å². The van der Waals surface area contributed by atoms with Gasteiger partial charge in [0, 0.05) is 22.3 Å². The Kier molecular flexibility index (Phi) is 3.20. The summed E-state index contributed by atoms with van der Waals surface area (Å²) in [7, 11) is 0. The third-order valence-corrected chi connectivity index (χ3v) is 3.66. The van der Waals surface area contributed by atoms with E-state index in [2.05, 4.69) is 0 Å². The third-order valence-electron chi connectivity index (χ3n) is 3.30. The predicted molar refractivity (Wildman–Crippen MR) is 83.2 cm³/mol. The van der Waals surface area contributed by atoms with Gasteiger partial charge in [-0.05, 0) is 35.2 Å². The molecular formula is C16H13ClN2O. The molecule has 100 valence electrons. The molecule has 2 N–H and O–H groups in total. The maximum absolute atomic E-state index is 12.4. The van der Waals surface area contributed by atoms with Crippen molar-refractivity contribution in [2.75, 3.05) is 5.73 Å². The van der Waals surface area contributed by atoms with Crippen molar-refractivity contribution in [1.29, 1.82) is 0 Å². The SMILES string of the molecule is Nc1ccc(Cn2ccc3ccccc3c2=O)c(Cl)c1. The summed E-state index contributed by atoms with van der Waals surface area (Å²) in [6.07, 6.45) is 1.79. The lowest BCUT2D eigenvalue weighted by Gasteiger charge is -2.09. The standard InChI is InChI=1S/C16H13ClN2O/c17-15-9-13(18)6-5-12(15)10-19-8-7-11-3-1-2-4-14(11)16(19)20/h1-9H,10,18H2. The largest absolute Gasteiger partial charge is 0.399 e. The minimum atomic E-state index is -0.0176. The van der Waals surface area contributed by atoms with Gasteiger partial charge < -0.3 is 10.3 Å². The minimum absolute atomic E-state index is 0.0176. The average molecular weight is 285 g/mol. The Hall–Kier alpha value is -2.26. The van der Waals surface area contributed by atoms with Crippen LogP contribution in [0.4, 0.5) is 5.69 Å². The van der Waals surface area contributed by atoms with Crippen molar-refractivity contribution in [3.05, 3.63) is 75.7 Å². The summed E-state index contributed by atoms with van der Waals surface area (Å²) in [4.78, 5) is 12.4. The molecule has 20 heavy (non-hydrogen) atoms. The number of pyridine rings is 1. The number of nitrogens with zero attached hydrogens (tertiary/aromatic N) is 1. The van der Waals surface area contributed by atoms with E-state index in [9.17, 15) is 4.79 Å². The van der Waals surface area contributed by atoms with Crippen molar-refractivity contribution >= 4 is 28.1 Å². The molecule has 1 heterocycles. The van der Waals surface area contributed by atoms with Gasteiger partial charge in [-0.15, -0.1) is 0 Å². The summed E-state index contributed by atoms with van der Waals surface area (Å²) >= 11 is 6.15. The lowest BCUT2D eigenvalue weighted by molar-refractivity contribution is 0.768. The molecular weight excluding hydrogens is 272 g/mol. The summed E-state index contributed by atoms with van der Waals surface area (Å²) < 4.78 is 1.65. The van der Waals surface area contributed by atoms with Crippen molar-refractivity contribution in [3.63, 3.8) is 0 Å². The third kappa shape index (κ3) is 2.28. The molecule has 0 atom stereocenters. The highest BCUT2D eigenvalue weighted by Gasteiger charge is 2.05. The maximum Gasteiger partial charge on any atom is 0.258 e. The van der Waals surface area contributed by atoms with Crippen molar-refractivity contribution in [2.24, 2.45) is 0 Å². The molecule has 3 rings (SSSR count). The van der Waals surface area contributed by atoms with Gasteiger partial charge in [0.15, 0.2) is 0 Å². The summed E-state index contributed by atoms with van der Waals surface area (Å²) in [6, 6.07) is 14.8. The fourth-order valence-electron chi connectivity index (χ4n) is 2.23. The summed E-state index contributed by atoms with van der Waals surface area (Å²) in [5, 5.41) is 2.23. The van der Waals surface area contributed by atoms with Crippen LogP contribution < -0.4 is 11.3 Å². The average Bonchev–Trinajstić information content (AvgIpc) is 2.45. The molecule has 0 aliphatic heterocycles. The van der Waals surface area contributed by atoms with E-state index in [1.54, 1.807) is 22.9 Å². The number of hydrogen-bond acceptors (Lipinski definition) is 2. The van der Waals surface area contributed by atoms with E-state index < -0.39 is 0 Å². The molecule has 4 heteroatoms. The van der Waals surface area contributed by atoms with Gasteiger partial charge in [0.1, 0.15) is 0 Å². The molecule has 0 saturated heterocycles. The lowest BCUT2D eigenvalue weighted by Crippen LogP contribution is -2.20. The first-order valence-corrected chi connectivity index (χ1v) is 6.65. The van der Waals surface area contributed by atoms with Crippen LogP contribution >= 0.6 is 11.6 Å². The molecule has 1 aromatic heterocycles. The number of rotatable bonds is 2. The van der Waals surface area contributed by atoms with Crippen LogP contribution in [0, 0.1) is 0 Å². The molecule has 0 aliphatic rings. The predicted octanol–water partition coefficient (Wildman–Crippen LogP) is 3.29. The first-order valence-electron chi connectivity index (χ1n) is 6.27. The highest BCUT2D eigenvalue weighted by Crippen LogP contribution is 2.20. The number of aromatic nitrogens is 1. The lowest BCUT2D eigenvalue weighted by atomic mass is 10.1. The van der Waals surface area contributed by atoms with Gasteiger partial charge in [-0.2, -0.15) is 0 Å². The van der Waals surface area contributed by atoms with Gasteiger partial charge in [0.25, 0.3) is 5.56 Å². The van der Waals surface area contributed by atoms with E-state index in [1.165, 1.54) is 0 Å². The van der Waals surface area contributed by atoms with Crippen LogP contribution in [0.15, 0.2) is 59.5 Å². The smallest absolute Gasteiger partial charge is 0.258 e. The zero-order chi connectivity index (χ0) is 14.1. The monoisotopic (exact) mass is 284 g/mol. The van der Waals surface area contributed by atoms with Gasteiger partial charge in [0.2, 0.25) is 0 Å². The Balaban J connectivity index is 2.07. The highest BCUT2D eigenvalue weighted by molar-refractivity contribution is 6.31. The fourth-order valence-corrected chi connectivity index (χ4v) is 2.48. The van der Waals surface area contributed by atoms with Gasteiger partial charge in [-0.1, -0.05) is 35.9 Å². The molecule has 0 bridgehead atoms. The molecule has 0 radical (unpaired) electrons. The van der Waals surface area contributed by atoms with Gasteiger partial charge in [-0.25, -0.2) is 0 Å². The van der Waals surface area contributed by atoms with Crippen LogP contribution in [0.2, 0.25) is 5.02 Å². The summed E-state index contributed by atoms with van der Waals surface area (Å²) in [5.41, 5.74) is 7.14. The number of nitrogens with two attached hydrogens (primary N) is 1. The summed E-state index contributed by atoms with van der Waals surface area (Å²) in [5.74, 6) is 0. The number of fused-ring (bicyclic) bond motifs is 1.